The summed E-state index contributed by atoms with van der Waals surface area (Å²) in [6, 6.07) is 4.44. The van der Waals surface area contributed by atoms with Crippen molar-refractivity contribution in [1.29, 1.82) is 0 Å². The monoisotopic (exact) mass is 613 g/mol. The highest BCUT2D eigenvalue weighted by Gasteiger charge is 2.43. The van der Waals surface area contributed by atoms with Crippen LogP contribution in [-0.2, 0) is 35.3 Å². The number of likely N-dealkylation sites (tertiary alicyclic amines) is 1. The first-order valence-electron chi connectivity index (χ1n) is 14.8. The van der Waals surface area contributed by atoms with Crippen LogP contribution in [0, 0.1) is 12.3 Å². The number of hydrogen-bond donors (Lipinski definition) is 4. The molecule has 1 aliphatic heterocycles. The maximum absolute atomic E-state index is 13.7. The van der Waals surface area contributed by atoms with Gasteiger partial charge in [-0.2, -0.15) is 0 Å². The molecule has 0 spiro atoms. The van der Waals surface area contributed by atoms with E-state index in [0.29, 0.717) is 12.8 Å². The third kappa shape index (κ3) is 11.1. The zero-order chi connectivity index (χ0) is 33.2. The van der Waals surface area contributed by atoms with E-state index in [2.05, 4.69) is 27.8 Å². The van der Waals surface area contributed by atoms with Crippen LogP contribution in [0.25, 0.3) is 0 Å². The number of carbonyl (C=O) groups is 6. The number of nitrogens with zero attached hydrogens (tertiary/aromatic N) is 1. The molecular formula is C32H47N5O7. The Labute approximate surface area is 259 Å². The van der Waals surface area contributed by atoms with Crippen molar-refractivity contribution < 1.29 is 33.5 Å². The van der Waals surface area contributed by atoms with Crippen LogP contribution in [-0.4, -0.2) is 77.2 Å². The molecule has 1 fully saturated rings. The Morgan fingerprint density at radius 3 is 2.20 bits per heavy atom. The highest BCUT2D eigenvalue weighted by Crippen LogP contribution is 2.26. The van der Waals surface area contributed by atoms with Crippen molar-refractivity contribution >= 4 is 35.5 Å². The first-order chi connectivity index (χ1) is 20.4. The van der Waals surface area contributed by atoms with Gasteiger partial charge in [0.05, 0.1) is 6.54 Å². The summed E-state index contributed by atoms with van der Waals surface area (Å²) >= 11 is 0. The summed E-state index contributed by atoms with van der Waals surface area (Å²) in [5.41, 5.74) is 0.497. The van der Waals surface area contributed by atoms with E-state index in [-0.39, 0.29) is 19.5 Å². The lowest BCUT2D eigenvalue weighted by Gasteiger charge is -2.36. The summed E-state index contributed by atoms with van der Waals surface area (Å²) in [7, 11) is 0. The molecule has 4 N–H and O–H groups in total. The molecule has 12 nitrogen and oxygen atoms in total. The van der Waals surface area contributed by atoms with Crippen molar-refractivity contribution in [2.45, 2.75) is 98.0 Å². The fraction of sp³-hybridized carbons (Fsp3) is 0.562. The van der Waals surface area contributed by atoms with Crippen LogP contribution in [0.15, 0.2) is 36.9 Å². The predicted molar refractivity (Wildman–Crippen MR) is 165 cm³/mol. The van der Waals surface area contributed by atoms with Crippen LogP contribution in [0.2, 0.25) is 0 Å². The van der Waals surface area contributed by atoms with E-state index in [1.54, 1.807) is 41.5 Å². The molecule has 242 valence electrons. The molecule has 12 heteroatoms. The maximum atomic E-state index is 13.7. The highest BCUT2D eigenvalue weighted by atomic mass is 16.6. The molecule has 1 aromatic rings. The van der Waals surface area contributed by atoms with Gasteiger partial charge in [0.2, 0.25) is 23.5 Å². The van der Waals surface area contributed by atoms with Crippen LogP contribution < -0.4 is 21.3 Å². The Kier molecular flexibility index (Phi) is 12.7. The molecule has 1 unspecified atom stereocenters. The van der Waals surface area contributed by atoms with Gasteiger partial charge in [-0.25, -0.2) is 4.79 Å². The second-order valence-corrected chi connectivity index (χ2v) is 13.0. The Bertz CT molecular complexity index is 1230. The number of alkyl carbamates (subject to hydrolysis) is 1. The molecule has 2 rings (SSSR count). The molecule has 3 atom stereocenters. The summed E-state index contributed by atoms with van der Waals surface area (Å²) in [6.07, 6.45) is 1.47. The number of amides is 5. The molecule has 1 aliphatic rings. The van der Waals surface area contributed by atoms with Crippen molar-refractivity contribution in [3.05, 3.63) is 48.0 Å². The second kappa shape index (κ2) is 15.5. The van der Waals surface area contributed by atoms with E-state index >= 15 is 0 Å². The number of hydrogen-bond acceptors (Lipinski definition) is 7. The molecular weight excluding hydrogens is 566 g/mol. The molecule has 0 aromatic heterocycles. The molecule has 0 aliphatic carbocycles. The number of ketones is 1. The van der Waals surface area contributed by atoms with E-state index in [0.717, 1.165) is 11.1 Å². The van der Waals surface area contributed by atoms with Gasteiger partial charge in [0.15, 0.2) is 0 Å². The van der Waals surface area contributed by atoms with Gasteiger partial charge in [-0.05, 0) is 57.9 Å². The molecule has 1 saturated heterocycles. The van der Waals surface area contributed by atoms with Gasteiger partial charge in [-0.3, -0.25) is 24.0 Å². The highest BCUT2D eigenvalue weighted by molar-refractivity contribution is 6.38. The smallest absolute Gasteiger partial charge is 0.408 e. The third-order valence-electron chi connectivity index (χ3n) is 6.89. The largest absolute Gasteiger partial charge is 0.444 e. The van der Waals surface area contributed by atoms with Gasteiger partial charge in [-0.15, -0.1) is 6.58 Å². The quantitative estimate of drug-likeness (QED) is 0.208. The number of carbonyl (C=O) groups excluding carboxylic acids is 6. The van der Waals surface area contributed by atoms with Crippen molar-refractivity contribution in [3.8, 4) is 0 Å². The summed E-state index contributed by atoms with van der Waals surface area (Å²) < 4.78 is 5.34. The molecule has 1 heterocycles. The third-order valence-corrected chi connectivity index (χ3v) is 6.89. The van der Waals surface area contributed by atoms with Gasteiger partial charge in [0.1, 0.15) is 23.7 Å². The van der Waals surface area contributed by atoms with Gasteiger partial charge in [-0.1, -0.05) is 56.7 Å². The summed E-state index contributed by atoms with van der Waals surface area (Å²) in [6.45, 7) is 16.2. The topological polar surface area (TPSA) is 163 Å². The number of Topliss-reactive ketones (excluding diaryl/α,β-unsaturated/α-hetero) is 1. The Morgan fingerprint density at radius 1 is 1.00 bits per heavy atom. The van der Waals surface area contributed by atoms with Gasteiger partial charge in [0.25, 0.3) is 5.91 Å². The molecule has 44 heavy (non-hydrogen) atoms. The fourth-order valence-corrected chi connectivity index (χ4v) is 4.58. The average molecular weight is 614 g/mol. The average Bonchev–Trinajstić information content (AvgIpc) is 3.42. The lowest BCUT2D eigenvalue weighted by atomic mass is 9.85. The zero-order valence-electron chi connectivity index (χ0n) is 26.9. The van der Waals surface area contributed by atoms with Crippen molar-refractivity contribution in [3.63, 3.8) is 0 Å². The number of aryl methyl sites for hydroxylation is 1. The van der Waals surface area contributed by atoms with E-state index in [1.807, 2.05) is 31.2 Å². The summed E-state index contributed by atoms with van der Waals surface area (Å²) in [5, 5.41) is 10.2. The van der Waals surface area contributed by atoms with E-state index in [4.69, 9.17) is 4.74 Å². The lowest BCUT2D eigenvalue weighted by Crippen LogP contribution is -2.59. The van der Waals surface area contributed by atoms with Crippen LogP contribution in [0.3, 0.4) is 0 Å². The molecule has 0 bridgehead atoms. The number of benzene rings is 1. The summed E-state index contributed by atoms with van der Waals surface area (Å²) in [4.78, 5) is 78.7. The molecule has 0 radical (unpaired) electrons. The summed E-state index contributed by atoms with van der Waals surface area (Å²) in [5.74, 6) is -3.52. The Morgan fingerprint density at radius 2 is 1.64 bits per heavy atom. The standard InChI is InChI=1S/C32H47N5O7/c1-9-11-22(25(39)28(41)34-19-24(38)33-18-21-15-13-20(2)14-16-21)35-27(40)23-12-10-17-37(23)29(42)26(31(3,4)5)36-30(43)44-32(6,7)8/h9,13-16,22-23,26H,1,10-12,17-19H2,2-8H3,(H,33,38)(H,34,41)(H,35,40)(H,36,43)/t22?,23-,26+/m0/s1. The number of nitrogens with one attached hydrogen (secondary N) is 4. The fourth-order valence-electron chi connectivity index (χ4n) is 4.58. The minimum Gasteiger partial charge on any atom is -0.444 e. The Balaban J connectivity index is 2.02. The van der Waals surface area contributed by atoms with Crippen LogP contribution in [0.5, 0.6) is 0 Å². The molecule has 0 saturated carbocycles. The van der Waals surface area contributed by atoms with Gasteiger partial charge in [0, 0.05) is 13.1 Å². The van der Waals surface area contributed by atoms with Crippen molar-refractivity contribution in [2.75, 3.05) is 13.1 Å². The first-order valence-corrected chi connectivity index (χ1v) is 14.8. The normalized spacial score (nSPS) is 16.2. The molecule has 1 aromatic carbocycles. The van der Waals surface area contributed by atoms with Gasteiger partial charge >= 0.3 is 6.09 Å². The predicted octanol–water partition coefficient (Wildman–Crippen LogP) is 2.29. The van der Waals surface area contributed by atoms with Gasteiger partial charge < -0.3 is 30.9 Å². The van der Waals surface area contributed by atoms with Crippen molar-refractivity contribution in [2.24, 2.45) is 5.41 Å². The van der Waals surface area contributed by atoms with E-state index in [1.165, 1.54) is 11.0 Å². The van der Waals surface area contributed by atoms with Crippen molar-refractivity contribution in [1.82, 2.24) is 26.2 Å². The Hall–Kier alpha value is -4.22. The maximum Gasteiger partial charge on any atom is 0.408 e. The first kappa shape index (κ1) is 36.0. The minimum atomic E-state index is -1.24. The van der Waals surface area contributed by atoms with Crippen LogP contribution >= 0.6 is 0 Å². The number of rotatable bonds is 12. The van der Waals surface area contributed by atoms with Crippen LogP contribution in [0.1, 0.15) is 71.9 Å². The second-order valence-electron chi connectivity index (χ2n) is 13.0. The minimum absolute atomic E-state index is 0.0386. The zero-order valence-corrected chi connectivity index (χ0v) is 26.9. The number of ether oxygens (including phenoxy) is 1. The lowest BCUT2D eigenvalue weighted by molar-refractivity contribution is -0.144. The van der Waals surface area contributed by atoms with E-state index < -0.39 is 71.2 Å². The molecule has 5 amide bonds. The SMILES string of the molecule is C=CCC(NC(=O)[C@@H]1CCCN1C(=O)[C@@H](NC(=O)OC(C)(C)C)C(C)(C)C)C(=O)C(=O)NCC(=O)NCc1ccc(C)cc1. The van der Waals surface area contributed by atoms with E-state index in [9.17, 15) is 28.8 Å². The van der Waals surface area contributed by atoms with Crippen LogP contribution in [0.4, 0.5) is 4.79 Å².